The highest BCUT2D eigenvalue weighted by Gasteiger charge is 2.46. The van der Waals surface area contributed by atoms with Crippen LogP contribution in [0.5, 0.6) is 0 Å². The number of nitrogens with two attached hydrogens (primary N) is 1. The number of benzene rings is 1. The van der Waals surface area contributed by atoms with Crippen molar-refractivity contribution in [3.63, 3.8) is 0 Å². The zero-order chi connectivity index (χ0) is 23.4. The van der Waals surface area contributed by atoms with Crippen LogP contribution in [0.25, 0.3) is 11.0 Å². The topological polar surface area (TPSA) is 115 Å². The number of alkyl halides is 2. The van der Waals surface area contributed by atoms with E-state index in [-0.39, 0.29) is 10.8 Å². The standard InChI is InChI=1S/C22H24F2N6O2S/c1-13-22(9-3-2-4-10-22)30-17(18(27-13)19(23)24)11-14-12-26-21(29-20(14)30)28-15-5-7-16(8-6-15)33(25,31)32/h5-8,11-12,18-19,27H,1-4,9-10H2,(H2,25,31,32)(H,26,28,29). The van der Waals surface area contributed by atoms with Gasteiger partial charge in [0, 0.05) is 28.7 Å². The smallest absolute Gasteiger partial charge is 0.263 e. The lowest BCUT2D eigenvalue weighted by molar-refractivity contribution is 0.0768. The summed E-state index contributed by atoms with van der Waals surface area (Å²) >= 11 is 0. The third kappa shape index (κ3) is 3.65. The van der Waals surface area contributed by atoms with Crippen molar-refractivity contribution in [2.45, 2.75) is 55.0 Å². The summed E-state index contributed by atoms with van der Waals surface area (Å²) in [6, 6.07) is 6.45. The van der Waals surface area contributed by atoms with Crippen LogP contribution in [-0.4, -0.2) is 29.4 Å². The van der Waals surface area contributed by atoms with Crippen molar-refractivity contribution < 1.29 is 17.2 Å². The maximum atomic E-state index is 13.9. The van der Waals surface area contributed by atoms with Crippen molar-refractivity contribution in [1.82, 2.24) is 19.9 Å². The first-order valence-corrected chi connectivity index (χ1v) is 12.3. The molecule has 3 heterocycles. The fourth-order valence-electron chi connectivity index (χ4n) is 4.99. The number of sulfonamides is 1. The molecule has 0 saturated heterocycles. The van der Waals surface area contributed by atoms with E-state index in [9.17, 15) is 17.2 Å². The fourth-order valence-corrected chi connectivity index (χ4v) is 5.51. The average molecular weight is 475 g/mol. The molecule has 2 aromatic heterocycles. The van der Waals surface area contributed by atoms with Gasteiger partial charge in [-0.3, -0.25) is 0 Å². The lowest BCUT2D eigenvalue weighted by atomic mass is 9.77. The van der Waals surface area contributed by atoms with Crippen molar-refractivity contribution in [3.8, 4) is 0 Å². The predicted octanol–water partition coefficient (Wildman–Crippen LogP) is 3.90. The van der Waals surface area contributed by atoms with Crippen molar-refractivity contribution in [2.75, 3.05) is 5.32 Å². The molecule has 1 atom stereocenters. The van der Waals surface area contributed by atoms with Crippen molar-refractivity contribution in [2.24, 2.45) is 5.14 Å². The SMILES string of the molecule is C=C1NC(C(F)F)c2cc3cnc(Nc4ccc(S(N)(=O)=O)cc4)nc3n2C12CCCCC2. The number of aromatic nitrogens is 3. The van der Waals surface area contributed by atoms with Gasteiger partial charge in [0.2, 0.25) is 16.0 Å². The van der Waals surface area contributed by atoms with Crippen LogP contribution in [0.15, 0.2) is 53.7 Å². The van der Waals surface area contributed by atoms with Gasteiger partial charge in [0.1, 0.15) is 11.7 Å². The molecule has 0 radical (unpaired) electrons. The number of primary sulfonamides is 1. The van der Waals surface area contributed by atoms with E-state index in [4.69, 9.17) is 5.14 Å². The molecular formula is C22H24F2N6O2S. The number of nitrogens with zero attached hydrogens (tertiary/aromatic N) is 3. The summed E-state index contributed by atoms with van der Waals surface area (Å²) in [5.41, 5.74) is 1.71. The molecule has 1 aliphatic heterocycles. The predicted molar refractivity (Wildman–Crippen MR) is 121 cm³/mol. The van der Waals surface area contributed by atoms with Gasteiger partial charge in [0.15, 0.2) is 0 Å². The molecule has 5 rings (SSSR count). The maximum Gasteiger partial charge on any atom is 0.263 e. The van der Waals surface area contributed by atoms with Crippen LogP contribution in [0, 0.1) is 0 Å². The molecule has 2 aliphatic rings. The van der Waals surface area contributed by atoms with E-state index >= 15 is 0 Å². The van der Waals surface area contributed by atoms with Crippen LogP contribution in [-0.2, 0) is 15.6 Å². The Bertz CT molecular complexity index is 1330. The second kappa shape index (κ2) is 7.77. The minimum Gasteiger partial charge on any atom is -0.374 e. The van der Waals surface area contributed by atoms with E-state index in [1.807, 2.05) is 4.57 Å². The molecule has 1 aromatic carbocycles. The lowest BCUT2D eigenvalue weighted by Crippen LogP contribution is -2.50. The number of fused-ring (bicyclic) bond motifs is 4. The Balaban J connectivity index is 1.59. The summed E-state index contributed by atoms with van der Waals surface area (Å²) in [7, 11) is -3.80. The molecule has 4 N–H and O–H groups in total. The van der Waals surface area contributed by atoms with E-state index in [1.165, 1.54) is 12.1 Å². The largest absolute Gasteiger partial charge is 0.374 e. The van der Waals surface area contributed by atoms with Gasteiger partial charge in [-0.25, -0.2) is 27.3 Å². The number of halogens is 2. The summed E-state index contributed by atoms with van der Waals surface area (Å²) in [6.45, 7) is 4.14. The monoisotopic (exact) mass is 474 g/mol. The molecule has 1 fully saturated rings. The molecule has 8 nitrogen and oxygen atoms in total. The number of anilines is 2. The van der Waals surface area contributed by atoms with Gasteiger partial charge in [-0.15, -0.1) is 0 Å². The number of nitrogens with one attached hydrogen (secondary N) is 2. The second-order valence-corrected chi connectivity index (χ2v) is 10.2. The number of allylic oxidation sites excluding steroid dienone is 1. The molecule has 1 aliphatic carbocycles. The van der Waals surface area contributed by atoms with Crippen LogP contribution in [0.2, 0.25) is 0 Å². The zero-order valence-corrected chi connectivity index (χ0v) is 18.6. The summed E-state index contributed by atoms with van der Waals surface area (Å²) in [5, 5.41) is 11.8. The van der Waals surface area contributed by atoms with Crippen LogP contribution in [0.1, 0.15) is 43.8 Å². The quantitative estimate of drug-likeness (QED) is 0.528. The van der Waals surface area contributed by atoms with Gasteiger partial charge in [-0.2, -0.15) is 4.98 Å². The number of rotatable bonds is 4. The van der Waals surface area contributed by atoms with Gasteiger partial charge >= 0.3 is 0 Å². The van der Waals surface area contributed by atoms with Gasteiger partial charge in [0.25, 0.3) is 6.43 Å². The van der Waals surface area contributed by atoms with Crippen molar-refractivity contribution in [3.05, 3.63) is 54.5 Å². The van der Waals surface area contributed by atoms with E-state index in [0.29, 0.717) is 28.1 Å². The minimum atomic E-state index is -3.80. The Morgan fingerprint density at radius 3 is 2.55 bits per heavy atom. The Morgan fingerprint density at radius 1 is 1.21 bits per heavy atom. The third-order valence-corrected chi connectivity index (χ3v) is 7.51. The number of hydrogen-bond donors (Lipinski definition) is 3. The average Bonchev–Trinajstić information content (AvgIpc) is 3.16. The number of hydrogen-bond acceptors (Lipinski definition) is 6. The van der Waals surface area contributed by atoms with Crippen molar-refractivity contribution >= 4 is 32.7 Å². The maximum absolute atomic E-state index is 13.9. The van der Waals surface area contributed by atoms with Gasteiger partial charge in [0.05, 0.1) is 10.4 Å². The first-order chi connectivity index (χ1) is 15.7. The summed E-state index contributed by atoms with van der Waals surface area (Å²) < 4.78 is 52.7. The molecule has 11 heteroatoms. The lowest BCUT2D eigenvalue weighted by Gasteiger charge is -2.47. The van der Waals surface area contributed by atoms with E-state index in [0.717, 1.165) is 32.1 Å². The molecule has 0 amide bonds. The highest BCUT2D eigenvalue weighted by atomic mass is 32.2. The Labute approximate surface area is 190 Å². The third-order valence-electron chi connectivity index (χ3n) is 6.58. The molecule has 1 unspecified atom stereocenters. The summed E-state index contributed by atoms with van der Waals surface area (Å²) in [5.74, 6) is 0.274. The van der Waals surface area contributed by atoms with E-state index in [2.05, 4.69) is 27.2 Å². The first-order valence-electron chi connectivity index (χ1n) is 10.7. The van der Waals surface area contributed by atoms with Crippen molar-refractivity contribution in [1.29, 1.82) is 0 Å². The molecule has 174 valence electrons. The molecule has 0 bridgehead atoms. The van der Waals surface area contributed by atoms with Crippen LogP contribution >= 0.6 is 0 Å². The van der Waals surface area contributed by atoms with Crippen LogP contribution in [0.4, 0.5) is 20.4 Å². The molecule has 33 heavy (non-hydrogen) atoms. The second-order valence-electron chi connectivity index (χ2n) is 8.60. The van der Waals surface area contributed by atoms with E-state index in [1.54, 1.807) is 24.4 Å². The molecule has 1 saturated carbocycles. The van der Waals surface area contributed by atoms with Crippen LogP contribution in [0.3, 0.4) is 0 Å². The zero-order valence-electron chi connectivity index (χ0n) is 17.8. The minimum absolute atomic E-state index is 0.00614. The highest BCUT2D eigenvalue weighted by Crippen LogP contribution is 2.47. The Kier molecular flexibility index (Phi) is 5.13. The molecular weight excluding hydrogens is 450 g/mol. The van der Waals surface area contributed by atoms with Gasteiger partial charge in [-0.05, 0) is 43.2 Å². The summed E-state index contributed by atoms with van der Waals surface area (Å²) in [6.07, 6.45) is 3.65. The van der Waals surface area contributed by atoms with Gasteiger partial charge in [-0.1, -0.05) is 25.8 Å². The van der Waals surface area contributed by atoms with Crippen LogP contribution < -0.4 is 15.8 Å². The Morgan fingerprint density at radius 2 is 1.91 bits per heavy atom. The Hall–Kier alpha value is -3.05. The normalized spacial score (nSPS) is 20.1. The first kappa shape index (κ1) is 21.8. The fraction of sp³-hybridized carbons (Fsp3) is 0.364. The van der Waals surface area contributed by atoms with Gasteiger partial charge < -0.3 is 15.2 Å². The van der Waals surface area contributed by atoms with E-state index < -0.39 is 28.0 Å². The highest BCUT2D eigenvalue weighted by molar-refractivity contribution is 7.89. The summed E-state index contributed by atoms with van der Waals surface area (Å²) in [4.78, 5) is 9.00. The molecule has 3 aromatic rings. The molecule has 1 spiro atoms.